The van der Waals surface area contributed by atoms with E-state index in [-0.39, 0.29) is 0 Å². The van der Waals surface area contributed by atoms with Gasteiger partial charge in [-0.05, 0) is 52.4 Å². The predicted molar refractivity (Wildman–Crippen MR) is 76.5 cm³/mol. The summed E-state index contributed by atoms with van der Waals surface area (Å²) in [4.78, 5) is 0. The number of hydrogen-bond donors (Lipinski definition) is 0. The molecule has 0 bridgehead atoms. The lowest BCUT2D eigenvalue weighted by molar-refractivity contribution is 0.0694. The Morgan fingerprint density at radius 3 is 2.06 bits per heavy atom. The highest BCUT2D eigenvalue weighted by Crippen LogP contribution is 2.27. The summed E-state index contributed by atoms with van der Waals surface area (Å²) < 4.78 is 17.6. The third kappa shape index (κ3) is 5.22. The molecule has 3 nitrogen and oxygen atoms in total. The van der Waals surface area contributed by atoms with E-state index in [4.69, 9.17) is 13.3 Å². The van der Waals surface area contributed by atoms with Crippen LogP contribution in [0.5, 0.6) is 0 Å². The van der Waals surface area contributed by atoms with E-state index in [9.17, 15) is 0 Å². The monoisotopic (exact) mass is 272 g/mol. The molecule has 4 heteroatoms. The number of allylic oxidation sites excluding steroid dienone is 2. The topological polar surface area (TPSA) is 27.7 Å². The normalized spacial score (nSPS) is 20.3. The Morgan fingerprint density at radius 2 is 1.61 bits per heavy atom. The van der Waals surface area contributed by atoms with Crippen molar-refractivity contribution in [3.8, 4) is 0 Å². The van der Waals surface area contributed by atoms with Crippen LogP contribution in [0.15, 0.2) is 12.2 Å². The van der Waals surface area contributed by atoms with E-state index in [1.54, 1.807) is 0 Å². The smallest absolute Gasteiger partial charge is 0.374 e. The maximum absolute atomic E-state index is 5.88. The van der Waals surface area contributed by atoms with Crippen LogP contribution in [0.2, 0.25) is 6.04 Å². The zero-order chi connectivity index (χ0) is 13.3. The maximum atomic E-state index is 5.88. The zero-order valence-electron chi connectivity index (χ0n) is 12.1. The summed E-state index contributed by atoms with van der Waals surface area (Å²) in [6.45, 7) is 8.08. The molecule has 106 valence electrons. The van der Waals surface area contributed by atoms with Gasteiger partial charge >= 0.3 is 8.80 Å². The Kier molecular flexibility index (Phi) is 7.82. The fourth-order valence-corrected chi connectivity index (χ4v) is 5.26. The predicted octanol–water partition coefficient (Wildman–Crippen LogP) is 3.78. The van der Waals surface area contributed by atoms with Crippen LogP contribution in [0.4, 0.5) is 0 Å². The molecule has 0 aliphatic heterocycles. The zero-order valence-corrected chi connectivity index (χ0v) is 13.1. The van der Waals surface area contributed by atoms with Gasteiger partial charge in [-0.15, -0.1) is 0 Å². The van der Waals surface area contributed by atoms with Gasteiger partial charge in [0, 0.05) is 25.9 Å². The van der Waals surface area contributed by atoms with E-state index in [2.05, 4.69) is 12.2 Å². The molecule has 18 heavy (non-hydrogen) atoms. The molecule has 0 heterocycles. The first kappa shape index (κ1) is 15.9. The van der Waals surface area contributed by atoms with Crippen molar-refractivity contribution in [2.45, 2.75) is 52.5 Å². The van der Waals surface area contributed by atoms with Gasteiger partial charge in [0.15, 0.2) is 0 Å². The van der Waals surface area contributed by atoms with Crippen molar-refractivity contribution >= 4 is 8.80 Å². The fourth-order valence-electron chi connectivity index (χ4n) is 2.50. The first-order chi connectivity index (χ1) is 8.76. The molecule has 0 aromatic rings. The van der Waals surface area contributed by atoms with Crippen LogP contribution in [0, 0.1) is 5.92 Å². The van der Waals surface area contributed by atoms with Gasteiger partial charge in [0.05, 0.1) is 0 Å². The fraction of sp³-hybridized carbons (Fsp3) is 0.857. The lowest BCUT2D eigenvalue weighted by Gasteiger charge is -2.30. The van der Waals surface area contributed by atoms with Crippen LogP contribution in [0.3, 0.4) is 0 Å². The highest BCUT2D eigenvalue weighted by atomic mass is 28.4. The van der Waals surface area contributed by atoms with Gasteiger partial charge in [0.2, 0.25) is 0 Å². The average molecular weight is 272 g/mol. The molecular weight excluding hydrogens is 244 g/mol. The van der Waals surface area contributed by atoms with Crippen molar-refractivity contribution in [3.05, 3.63) is 12.2 Å². The molecule has 1 atom stereocenters. The summed E-state index contributed by atoms with van der Waals surface area (Å²) in [6, 6.07) is 0.959. The minimum Gasteiger partial charge on any atom is -0.374 e. The third-order valence-corrected chi connectivity index (χ3v) is 6.42. The van der Waals surface area contributed by atoms with Crippen molar-refractivity contribution in [1.82, 2.24) is 0 Å². The summed E-state index contributed by atoms with van der Waals surface area (Å²) in [7, 11) is -2.40. The van der Waals surface area contributed by atoms with Crippen LogP contribution in [-0.4, -0.2) is 28.6 Å². The Balaban J connectivity index is 2.49. The molecule has 0 saturated carbocycles. The molecule has 0 saturated heterocycles. The van der Waals surface area contributed by atoms with Crippen molar-refractivity contribution in [2.24, 2.45) is 5.92 Å². The van der Waals surface area contributed by atoms with E-state index in [1.807, 2.05) is 20.8 Å². The van der Waals surface area contributed by atoms with E-state index in [0.29, 0.717) is 19.8 Å². The van der Waals surface area contributed by atoms with Crippen molar-refractivity contribution in [2.75, 3.05) is 19.8 Å². The van der Waals surface area contributed by atoms with Gasteiger partial charge in [0.1, 0.15) is 0 Å². The molecule has 0 amide bonds. The van der Waals surface area contributed by atoms with Crippen LogP contribution in [-0.2, 0) is 13.3 Å². The standard InChI is InChI=1S/C14H28O3Si/c1-4-15-18(16-5-2,17-6-3)13-12-14-10-8-7-9-11-14/h7-8,14H,4-6,9-13H2,1-3H3. The molecule has 1 rings (SSSR count). The number of rotatable bonds is 9. The Morgan fingerprint density at radius 1 is 1.00 bits per heavy atom. The maximum Gasteiger partial charge on any atom is 0.500 e. The molecule has 0 aromatic heterocycles. The molecular formula is C14H28O3Si. The second kappa shape index (κ2) is 8.86. The van der Waals surface area contributed by atoms with Gasteiger partial charge in [-0.1, -0.05) is 12.2 Å². The summed E-state index contributed by atoms with van der Waals surface area (Å²) in [5, 5.41) is 0. The van der Waals surface area contributed by atoms with Crippen molar-refractivity contribution < 1.29 is 13.3 Å². The van der Waals surface area contributed by atoms with E-state index >= 15 is 0 Å². The SMILES string of the molecule is CCO[Si](CCC1CC=CCC1)(OCC)OCC. The second-order valence-electron chi connectivity index (χ2n) is 4.67. The van der Waals surface area contributed by atoms with Crippen molar-refractivity contribution in [1.29, 1.82) is 0 Å². The van der Waals surface area contributed by atoms with E-state index in [0.717, 1.165) is 18.4 Å². The third-order valence-electron chi connectivity index (χ3n) is 3.33. The Bertz CT molecular complexity index is 226. The quantitative estimate of drug-likeness (QED) is 0.472. The first-order valence-corrected chi connectivity index (χ1v) is 9.26. The van der Waals surface area contributed by atoms with Gasteiger partial charge < -0.3 is 13.3 Å². The molecule has 0 fully saturated rings. The van der Waals surface area contributed by atoms with Crippen LogP contribution < -0.4 is 0 Å². The summed E-state index contributed by atoms with van der Waals surface area (Å²) >= 11 is 0. The first-order valence-electron chi connectivity index (χ1n) is 7.33. The Labute approximate surface area is 113 Å². The molecule has 1 unspecified atom stereocenters. The van der Waals surface area contributed by atoms with Crippen LogP contribution in [0.1, 0.15) is 46.5 Å². The summed E-state index contributed by atoms with van der Waals surface area (Å²) in [6.07, 6.45) is 9.47. The average Bonchev–Trinajstić information content (AvgIpc) is 2.39. The van der Waals surface area contributed by atoms with Gasteiger partial charge in [-0.3, -0.25) is 0 Å². The lowest BCUT2D eigenvalue weighted by Crippen LogP contribution is -2.46. The molecule has 0 spiro atoms. The Hall–Kier alpha value is -0.163. The van der Waals surface area contributed by atoms with Gasteiger partial charge in [0.25, 0.3) is 0 Å². The molecule has 1 aliphatic carbocycles. The molecule has 0 radical (unpaired) electrons. The minimum atomic E-state index is -2.40. The van der Waals surface area contributed by atoms with E-state index in [1.165, 1.54) is 19.3 Å². The number of hydrogen-bond acceptors (Lipinski definition) is 3. The van der Waals surface area contributed by atoms with Crippen molar-refractivity contribution in [3.63, 3.8) is 0 Å². The minimum absolute atomic E-state index is 0.677. The highest BCUT2D eigenvalue weighted by Gasteiger charge is 2.40. The largest absolute Gasteiger partial charge is 0.500 e. The second-order valence-corrected chi connectivity index (χ2v) is 7.40. The molecule has 0 N–H and O–H groups in total. The highest BCUT2D eigenvalue weighted by molar-refractivity contribution is 6.60. The van der Waals surface area contributed by atoms with Gasteiger partial charge in [-0.25, -0.2) is 0 Å². The lowest BCUT2D eigenvalue weighted by atomic mass is 9.92. The summed E-state index contributed by atoms with van der Waals surface area (Å²) in [5.74, 6) is 0.781. The van der Waals surface area contributed by atoms with Crippen LogP contribution >= 0.6 is 0 Å². The molecule has 0 aromatic carbocycles. The van der Waals surface area contributed by atoms with E-state index < -0.39 is 8.80 Å². The van der Waals surface area contributed by atoms with Gasteiger partial charge in [-0.2, -0.15) is 0 Å². The molecule has 1 aliphatic rings. The summed E-state index contributed by atoms with van der Waals surface area (Å²) in [5.41, 5.74) is 0. The van der Waals surface area contributed by atoms with Crippen LogP contribution in [0.25, 0.3) is 0 Å².